The molecule has 3 aliphatic rings. The molecule has 0 radical (unpaired) electrons. The predicted octanol–water partition coefficient (Wildman–Crippen LogP) is 1.58. The standard InChI is InChI=1S/C21H34N2O5S/c1-4-6-9-22-18(25)17-21-13(3)12-14(29-21)15(20(27)28-5-2)16(21)19(26)23(17)10-7-8-11-24/h13-17,24H,4-12H2,1-3H3,(H,22,25)/t13?,14-,15+,16-,17?,21?/m0/s1. The number of rotatable bonds is 10. The molecule has 29 heavy (non-hydrogen) atoms. The van der Waals surface area contributed by atoms with E-state index < -0.39 is 22.6 Å². The number of nitrogens with zero attached hydrogens (tertiary/aromatic N) is 1. The SMILES string of the molecule is CCCCNC(=O)C1N(CCCCO)C(=O)[C@@H]2[C@H](C(=O)OCC)[C@@H]3CC(C)C12S3. The Balaban J connectivity index is 1.93. The number of fused-ring (bicyclic) bond motifs is 1. The number of carbonyl (C=O) groups is 3. The van der Waals surface area contributed by atoms with Gasteiger partial charge in [0.1, 0.15) is 6.04 Å². The van der Waals surface area contributed by atoms with Gasteiger partial charge in [0.2, 0.25) is 11.8 Å². The molecule has 0 aromatic carbocycles. The Morgan fingerprint density at radius 2 is 2.07 bits per heavy atom. The first-order chi connectivity index (χ1) is 13.9. The fourth-order valence-corrected chi connectivity index (χ4v) is 7.86. The maximum Gasteiger partial charge on any atom is 0.310 e. The lowest BCUT2D eigenvalue weighted by Gasteiger charge is -2.38. The van der Waals surface area contributed by atoms with Crippen LogP contribution < -0.4 is 5.32 Å². The summed E-state index contributed by atoms with van der Waals surface area (Å²) in [6, 6.07) is -0.569. The summed E-state index contributed by atoms with van der Waals surface area (Å²) in [5, 5.41) is 12.2. The van der Waals surface area contributed by atoms with Crippen molar-refractivity contribution in [3.05, 3.63) is 0 Å². The van der Waals surface area contributed by atoms with E-state index in [1.54, 1.807) is 23.6 Å². The van der Waals surface area contributed by atoms with E-state index in [0.717, 1.165) is 19.3 Å². The van der Waals surface area contributed by atoms with E-state index in [0.29, 0.717) is 25.9 Å². The third-order valence-electron chi connectivity index (χ3n) is 6.69. The smallest absolute Gasteiger partial charge is 0.310 e. The van der Waals surface area contributed by atoms with Gasteiger partial charge < -0.3 is 20.1 Å². The summed E-state index contributed by atoms with van der Waals surface area (Å²) in [4.78, 5) is 41.3. The number of aliphatic hydroxyl groups excluding tert-OH is 1. The number of thioether (sulfide) groups is 1. The molecule has 0 aromatic heterocycles. The Hall–Kier alpha value is -1.28. The highest BCUT2D eigenvalue weighted by atomic mass is 32.2. The van der Waals surface area contributed by atoms with Crippen molar-refractivity contribution < 1.29 is 24.2 Å². The molecular formula is C21H34N2O5S. The quantitative estimate of drug-likeness (QED) is 0.407. The largest absolute Gasteiger partial charge is 0.466 e. The minimum atomic E-state index is -0.575. The molecule has 7 nitrogen and oxygen atoms in total. The lowest BCUT2D eigenvalue weighted by molar-refractivity contribution is -0.154. The summed E-state index contributed by atoms with van der Waals surface area (Å²) in [5.41, 5.74) is 0. The molecule has 3 heterocycles. The van der Waals surface area contributed by atoms with E-state index in [2.05, 4.69) is 19.2 Å². The highest BCUT2D eigenvalue weighted by Crippen LogP contribution is 2.68. The van der Waals surface area contributed by atoms with Gasteiger partial charge >= 0.3 is 5.97 Å². The van der Waals surface area contributed by atoms with Gasteiger partial charge in [-0.3, -0.25) is 14.4 Å². The summed E-state index contributed by atoms with van der Waals surface area (Å²) in [7, 11) is 0. The average molecular weight is 427 g/mol. The first-order valence-corrected chi connectivity index (χ1v) is 11.8. The fraction of sp³-hybridized carbons (Fsp3) is 0.857. The number of amides is 2. The lowest BCUT2D eigenvalue weighted by atomic mass is 9.66. The zero-order chi connectivity index (χ0) is 21.2. The van der Waals surface area contributed by atoms with E-state index in [1.807, 2.05) is 0 Å². The topological polar surface area (TPSA) is 95.9 Å². The van der Waals surface area contributed by atoms with Crippen molar-refractivity contribution in [2.24, 2.45) is 17.8 Å². The number of esters is 1. The van der Waals surface area contributed by atoms with Crippen LogP contribution in [0.2, 0.25) is 0 Å². The van der Waals surface area contributed by atoms with Crippen LogP contribution in [0.4, 0.5) is 0 Å². The molecule has 0 aromatic rings. The maximum atomic E-state index is 13.5. The van der Waals surface area contributed by atoms with Crippen molar-refractivity contribution in [3.8, 4) is 0 Å². The second-order valence-corrected chi connectivity index (χ2v) is 9.96. The minimum absolute atomic E-state index is 0.0310. The Bertz CT molecular complexity index is 645. The Kier molecular flexibility index (Phi) is 7.14. The normalized spacial score (nSPS) is 35.1. The summed E-state index contributed by atoms with van der Waals surface area (Å²) in [6.45, 7) is 7.32. The van der Waals surface area contributed by atoms with Gasteiger partial charge in [0, 0.05) is 24.9 Å². The van der Waals surface area contributed by atoms with Crippen molar-refractivity contribution in [2.45, 2.75) is 68.9 Å². The van der Waals surface area contributed by atoms with Crippen LogP contribution in [-0.4, -0.2) is 70.1 Å². The summed E-state index contributed by atoms with van der Waals surface area (Å²) < 4.78 is 4.74. The van der Waals surface area contributed by atoms with Crippen molar-refractivity contribution in [3.63, 3.8) is 0 Å². The molecule has 1 spiro atoms. The van der Waals surface area contributed by atoms with Crippen molar-refractivity contribution in [2.75, 3.05) is 26.3 Å². The van der Waals surface area contributed by atoms with E-state index in [9.17, 15) is 14.4 Å². The van der Waals surface area contributed by atoms with Gasteiger partial charge in [-0.05, 0) is 38.5 Å². The molecule has 3 rings (SSSR count). The number of likely N-dealkylation sites (tertiary alicyclic amines) is 1. The molecule has 3 saturated heterocycles. The monoisotopic (exact) mass is 426 g/mol. The first kappa shape index (κ1) is 22.4. The predicted molar refractivity (Wildman–Crippen MR) is 111 cm³/mol. The molecule has 2 amide bonds. The maximum absolute atomic E-state index is 13.5. The Morgan fingerprint density at radius 1 is 1.31 bits per heavy atom. The fourth-order valence-electron chi connectivity index (χ4n) is 5.45. The second-order valence-electron chi connectivity index (χ2n) is 8.41. The van der Waals surface area contributed by atoms with Gasteiger partial charge in [0.25, 0.3) is 0 Å². The Morgan fingerprint density at radius 3 is 2.72 bits per heavy atom. The molecule has 164 valence electrons. The van der Waals surface area contributed by atoms with Crippen LogP contribution in [0.25, 0.3) is 0 Å². The lowest BCUT2D eigenvalue weighted by Crippen LogP contribution is -2.56. The van der Waals surface area contributed by atoms with Crippen LogP contribution in [0.15, 0.2) is 0 Å². The van der Waals surface area contributed by atoms with Gasteiger partial charge in [0.05, 0.1) is 23.2 Å². The number of aliphatic hydroxyl groups is 1. The van der Waals surface area contributed by atoms with Crippen molar-refractivity contribution in [1.82, 2.24) is 10.2 Å². The van der Waals surface area contributed by atoms with Gasteiger partial charge in [-0.25, -0.2) is 0 Å². The third kappa shape index (κ3) is 3.67. The highest BCUT2D eigenvalue weighted by molar-refractivity contribution is 8.02. The van der Waals surface area contributed by atoms with Gasteiger partial charge in [0.15, 0.2) is 0 Å². The van der Waals surface area contributed by atoms with Crippen LogP contribution in [0, 0.1) is 17.8 Å². The molecular weight excluding hydrogens is 392 g/mol. The number of carbonyl (C=O) groups excluding carboxylic acids is 3. The van der Waals surface area contributed by atoms with Crippen LogP contribution >= 0.6 is 11.8 Å². The molecule has 0 aliphatic carbocycles. The van der Waals surface area contributed by atoms with E-state index >= 15 is 0 Å². The molecule has 3 aliphatic heterocycles. The van der Waals surface area contributed by atoms with Crippen LogP contribution in [0.1, 0.15) is 52.9 Å². The second kappa shape index (κ2) is 9.25. The number of nitrogens with one attached hydrogen (secondary N) is 1. The average Bonchev–Trinajstić information content (AvgIpc) is 3.27. The van der Waals surface area contributed by atoms with Crippen molar-refractivity contribution in [1.29, 1.82) is 0 Å². The van der Waals surface area contributed by atoms with Crippen molar-refractivity contribution >= 4 is 29.5 Å². The summed E-state index contributed by atoms with van der Waals surface area (Å²) in [6.07, 6.45) is 3.91. The summed E-state index contributed by atoms with van der Waals surface area (Å²) in [5.74, 6) is -1.32. The number of hydrogen-bond acceptors (Lipinski definition) is 6. The van der Waals surface area contributed by atoms with Crippen LogP contribution in [0.3, 0.4) is 0 Å². The Labute approximate surface area is 177 Å². The highest BCUT2D eigenvalue weighted by Gasteiger charge is 2.76. The van der Waals surface area contributed by atoms with Gasteiger partial charge in [-0.2, -0.15) is 0 Å². The minimum Gasteiger partial charge on any atom is -0.466 e. The van der Waals surface area contributed by atoms with E-state index in [4.69, 9.17) is 9.84 Å². The van der Waals surface area contributed by atoms with E-state index in [1.165, 1.54) is 0 Å². The van der Waals surface area contributed by atoms with E-state index in [-0.39, 0.29) is 42.2 Å². The first-order valence-electron chi connectivity index (χ1n) is 11.0. The molecule has 3 unspecified atom stereocenters. The van der Waals surface area contributed by atoms with Gasteiger partial charge in [-0.15, -0.1) is 11.8 Å². The molecule has 2 bridgehead atoms. The number of ether oxygens (including phenoxy) is 1. The number of unbranched alkanes of at least 4 members (excludes halogenated alkanes) is 2. The molecule has 6 atom stereocenters. The third-order valence-corrected chi connectivity index (χ3v) is 8.77. The molecule has 2 N–H and O–H groups in total. The molecule has 8 heteroatoms. The van der Waals surface area contributed by atoms with Crippen LogP contribution in [-0.2, 0) is 19.1 Å². The van der Waals surface area contributed by atoms with Gasteiger partial charge in [-0.1, -0.05) is 20.3 Å². The zero-order valence-electron chi connectivity index (χ0n) is 17.7. The number of hydrogen-bond donors (Lipinski definition) is 2. The molecule has 3 fully saturated rings. The zero-order valence-corrected chi connectivity index (χ0v) is 18.5. The van der Waals surface area contributed by atoms with Crippen LogP contribution in [0.5, 0.6) is 0 Å². The summed E-state index contributed by atoms with van der Waals surface area (Å²) >= 11 is 1.67. The molecule has 0 saturated carbocycles.